The van der Waals surface area contributed by atoms with Gasteiger partial charge in [-0.25, -0.2) is 0 Å². The standard InChI is InChI=1S/C3H5O2.C3H5.2CH3.2Y/c1-3-2-4-5-3;1-3-2;;;;/h2H2,1H3;1H2,2H3;2*1H3;;/q4*-1;;/i2T;1T;;;;. The van der Waals surface area contributed by atoms with Crippen LogP contribution in [0.5, 0.6) is 0 Å². The van der Waals surface area contributed by atoms with E-state index in [9.17, 15) is 0 Å². The monoisotopic (exact) mass is 326 g/mol. The van der Waals surface area contributed by atoms with Gasteiger partial charge in [0.15, 0.2) is 0 Å². The molecule has 1 fully saturated rings. The fourth-order valence-corrected chi connectivity index (χ4v) is 0.144. The third-order valence-electron chi connectivity index (χ3n) is 0.394. The fraction of sp³-hybridized carbons (Fsp3) is 0.375. The van der Waals surface area contributed by atoms with Gasteiger partial charge in [-0.1, -0.05) is 0 Å². The van der Waals surface area contributed by atoms with Gasteiger partial charge in [-0.2, -0.15) is 13.8 Å². The summed E-state index contributed by atoms with van der Waals surface area (Å²) in [5, 5.41) is 0. The minimum Gasteiger partial charge on any atom is -0.507 e. The van der Waals surface area contributed by atoms with E-state index in [0.717, 1.165) is 6.55 Å². The third kappa shape index (κ3) is 22.6. The van der Waals surface area contributed by atoms with Crippen molar-refractivity contribution in [1.29, 1.82) is 0 Å². The molecule has 1 aliphatic heterocycles. The van der Waals surface area contributed by atoms with E-state index in [-0.39, 0.29) is 80.3 Å². The van der Waals surface area contributed by atoms with Crippen LogP contribution in [0.4, 0.5) is 0 Å². The van der Waals surface area contributed by atoms with Gasteiger partial charge in [-0.15, -0.1) is 6.10 Å². The van der Waals surface area contributed by atoms with Crippen LogP contribution in [0.25, 0.3) is 0 Å². The average molecular weight is 326 g/mol. The first-order valence-corrected chi connectivity index (χ1v) is 2.18. The first-order valence-electron chi connectivity index (χ1n) is 3.34. The topological polar surface area (TPSA) is 18.5 Å². The van der Waals surface area contributed by atoms with E-state index in [0.29, 0.717) is 6.10 Å². The fourth-order valence-electron chi connectivity index (χ4n) is 0.144. The molecule has 1 saturated heterocycles. The van der Waals surface area contributed by atoms with Gasteiger partial charge in [0.2, 0.25) is 0 Å². The summed E-state index contributed by atoms with van der Waals surface area (Å²) in [4.78, 5) is 8.44. The Morgan fingerprint density at radius 3 is 1.92 bits per heavy atom. The van der Waals surface area contributed by atoms with Crippen molar-refractivity contribution in [2.75, 3.05) is 6.58 Å². The van der Waals surface area contributed by atoms with Crippen molar-refractivity contribution < 1.29 is 77.9 Å². The van der Waals surface area contributed by atoms with E-state index >= 15 is 0 Å². The summed E-state index contributed by atoms with van der Waals surface area (Å²) in [6.45, 7) is 4.00. The molecule has 1 heterocycles. The van der Waals surface area contributed by atoms with Crippen LogP contribution in [0.2, 0.25) is 0 Å². The molecule has 0 aromatic carbocycles. The molecule has 0 spiro atoms. The summed E-state index contributed by atoms with van der Waals surface area (Å²) in [5.41, 5.74) is 0. The normalized spacial score (nSPS) is 21.3. The molecule has 1 atom stereocenters. The van der Waals surface area contributed by atoms with Gasteiger partial charge in [0.1, 0.15) is 0 Å². The molecule has 12 heavy (non-hydrogen) atoms. The second-order valence-electron chi connectivity index (χ2n) is 1.20. The maximum Gasteiger partial charge on any atom is 0.0264 e. The van der Waals surface area contributed by atoms with E-state index in [1.54, 1.807) is 13.8 Å². The average Bonchev–Trinajstić information content (AvgIpc) is 2.01. The van der Waals surface area contributed by atoms with Gasteiger partial charge < -0.3 is 30.7 Å². The molecule has 1 aliphatic rings. The predicted molar refractivity (Wildman–Crippen MR) is 43.3 cm³/mol. The number of rotatable bonds is 0. The molecule has 4 heteroatoms. The first-order chi connectivity index (χ1) is 4.72. The van der Waals surface area contributed by atoms with Gasteiger partial charge in [0, 0.05) is 68.2 Å². The Balaban J connectivity index is -0.0000000315. The Bertz CT molecular complexity index is 104. The summed E-state index contributed by atoms with van der Waals surface area (Å²) in [5.74, 6) is 0. The van der Waals surface area contributed by atoms with Crippen molar-refractivity contribution >= 4 is 0 Å². The Morgan fingerprint density at radius 2 is 1.92 bits per heavy atom. The molecule has 0 amide bonds. The molecule has 2 nitrogen and oxygen atoms in total. The van der Waals surface area contributed by atoms with Gasteiger partial charge >= 0.3 is 0 Å². The molecule has 0 saturated carbocycles. The minimum absolute atomic E-state index is 0. The molecule has 2 radical (unpaired) electrons. The van der Waals surface area contributed by atoms with E-state index in [4.69, 9.17) is 2.74 Å². The summed E-state index contributed by atoms with van der Waals surface area (Å²) < 4.78 is 13.0. The van der Waals surface area contributed by atoms with Crippen molar-refractivity contribution in [2.24, 2.45) is 0 Å². The Morgan fingerprint density at radius 1 is 1.58 bits per heavy atom. The molecule has 0 aliphatic carbocycles. The van der Waals surface area contributed by atoms with E-state index < -0.39 is 6.58 Å². The van der Waals surface area contributed by atoms with Crippen LogP contribution < -0.4 is 0 Å². The van der Waals surface area contributed by atoms with Crippen LogP contribution >= 0.6 is 0 Å². The Labute approximate surface area is 130 Å². The predicted octanol–water partition coefficient (Wildman–Crippen LogP) is 2.39. The zero-order chi connectivity index (χ0) is 7.98. The largest absolute Gasteiger partial charge is 0.507 e. The quantitative estimate of drug-likeness (QED) is 0.503. The summed E-state index contributed by atoms with van der Waals surface area (Å²) in [7, 11) is 0. The van der Waals surface area contributed by atoms with E-state index in [1.807, 2.05) is 0 Å². The molecule has 1 unspecified atom stereocenters. The second kappa shape index (κ2) is 23.0. The molecule has 70 valence electrons. The van der Waals surface area contributed by atoms with E-state index in [1.165, 1.54) is 0 Å². The van der Waals surface area contributed by atoms with Crippen molar-refractivity contribution in [3.63, 3.8) is 0 Å². The molecular formula is C8H16O2Y2-4. The number of hydrogen-bond donors (Lipinski definition) is 0. The van der Waals surface area contributed by atoms with Crippen molar-refractivity contribution in [2.45, 2.75) is 13.8 Å². The second-order valence-corrected chi connectivity index (χ2v) is 1.20. The maximum absolute atomic E-state index is 6.73. The number of allylic oxidation sites excluding steroid dienone is 1. The van der Waals surface area contributed by atoms with Crippen LogP contribution in [0.1, 0.15) is 16.6 Å². The zero-order valence-electron chi connectivity index (χ0n) is 10.1. The van der Waals surface area contributed by atoms with Crippen molar-refractivity contribution in [3.05, 3.63) is 33.6 Å². The molecule has 0 N–H and O–H groups in total. The Kier molecular flexibility index (Phi) is 37.3. The minimum atomic E-state index is -0.523. The van der Waals surface area contributed by atoms with E-state index in [2.05, 4.69) is 15.9 Å². The SMILES string of the molecule is [3H]C1OO[C-]1C.[3H]C=[C-]C.[CH3-].[CH3-].[Y].[Y]. The summed E-state index contributed by atoms with van der Waals surface area (Å²) >= 11 is 0. The third-order valence-corrected chi connectivity index (χ3v) is 0.394. The van der Waals surface area contributed by atoms with Crippen LogP contribution in [0.15, 0.2) is 6.55 Å². The van der Waals surface area contributed by atoms with Crippen LogP contribution in [0, 0.1) is 27.0 Å². The van der Waals surface area contributed by atoms with Crippen LogP contribution in [-0.2, 0) is 75.2 Å². The molecule has 0 aromatic heterocycles. The summed E-state index contributed by atoms with van der Waals surface area (Å²) in [6, 6.07) is 0. The number of hydrogen-bond acceptors (Lipinski definition) is 2. The maximum atomic E-state index is 6.73. The molecule has 1 rings (SSSR count). The van der Waals surface area contributed by atoms with Crippen LogP contribution in [0.3, 0.4) is 0 Å². The molecular weight excluding hydrogens is 306 g/mol. The van der Waals surface area contributed by atoms with Crippen molar-refractivity contribution in [3.8, 4) is 0 Å². The van der Waals surface area contributed by atoms with Gasteiger partial charge in [0.05, 0.1) is 0 Å². The van der Waals surface area contributed by atoms with Gasteiger partial charge in [-0.05, 0) is 6.58 Å². The van der Waals surface area contributed by atoms with Gasteiger partial charge in [-0.3, -0.25) is 6.55 Å². The molecule has 0 bridgehead atoms. The zero-order valence-corrected chi connectivity index (χ0v) is 13.8. The van der Waals surface area contributed by atoms with Gasteiger partial charge in [0.25, 0.3) is 0 Å². The van der Waals surface area contributed by atoms with Crippen LogP contribution in [-0.4, -0.2) is 6.58 Å². The smallest absolute Gasteiger partial charge is 0.0264 e. The first kappa shape index (κ1) is 19.4. The summed E-state index contributed by atoms with van der Waals surface area (Å²) in [6.07, 6.45) is 3.11. The Hall–Kier alpha value is 1.87. The van der Waals surface area contributed by atoms with Crippen molar-refractivity contribution in [1.82, 2.24) is 0 Å². The molecule has 0 aromatic rings.